The Morgan fingerprint density at radius 2 is 1.64 bits per heavy atom. The number of nitro groups is 1. The first-order chi connectivity index (χ1) is 12.0. The van der Waals surface area contributed by atoms with E-state index >= 15 is 0 Å². The Kier molecular flexibility index (Phi) is 4.43. The highest BCUT2D eigenvalue weighted by Gasteiger charge is 2.14. The van der Waals surface area contributed by atoms with Gasteiger partial charge >= 0.3 is 5.97 Å². The maximum absolute atomic E-state index is 12.3. The van der Waals surface area contributed by atoms with E-state index in [-0.39, 0.29) is 17.2 Å². The molecule has 0 fully saturated rings. The number of rotatable bonds is 4. The predicted octanol–water partition coefficient (Wildman–Crippen LogP) is 4.19. The molecule has 0 bridgehead atoms. The average molecular weight is 335 g/mol. The molecule has 0 aliphatic heterocycles. The van der Waals surface area contributed by atoms with Gasteiger partial charge < -0.3 is 9.84 Å². The molecular formula is C19H13NO5. The Morgan fingerprint density at radius 3 is 2.28 bits per heavy atom. The number of phenols is 1. The molecule has 0 saturated heterocycles. The van der Waals surface area contributed by atoms with Crippen LogP contribution in [0, 0.1) is 10.1 Å². The summed E-state index contributed by atoms with van der Waals surface area (Å²) >= 11 is 0. The van der Waals surface area contributed by atoms with Gasteiger partial charge in [0, 0.05) is 23.8 Å². The van der Waals surface area contributed by atoms with E-state index in [2.05, 4.69) is 0 Å². The minimum atomic E-state index is -0.561. The molecule has 0 atom stereocenters. The fourth-order valence-electron chi connectivity index (χ4n) is 2.33. The number of nitrogens with zero attached hydrogens (tertiary/aromatic N) is 1. The van der Waals surface area contributed by atoms with Gasteiger partial charge in [-0.25, -0.2) is 4.79 Å². The summed E-state index contributed by atoms with van der Waals surface area (Å²) in [5, 5.41) is 20.5. The number of hydrogen-bond donors (Lipinski definition) is 1. The van der Waals surface area contributed by atoms with Gasteiger partial charge in [0.1, 0.15) is 11.5 Å². The van der Waals surface area contributed by atoms with E-state index in [1.807, 2.05) is 0 Å². The lowest BCUT2D eigenvalue weighted by molar-refractivity contribution is -0.384. The molecule has 0 radical (unpaired) electrons. The molecule has 0 aliphatic carbocycles. The number of hydrogen-bond acceptors (Lipinski definition) is 5. The van der Waals surface area contributed by atoms with Crippen molar-refractivity contribution in [2.75, 3.05) is 0 Å². The van der Waals surface area contributed by atoms with Gasteiger partial charge in [0.2, 0.25) is 0 Å². The van der Waals surface area contributed by atoms with Crippen LogP contribution in [-0.4, -0.2) is 16.0 Å². The van der Waals surface area contributed by atoms with Crippen LogP contribution in [0.25, 0.3) is 11.1 Å². The molecule has 124 valence electrons. The largest absolute Gasteiger partial charge is 0.508 e. The van der Waals surface area contributed by atoms with Gasteiger partial charge in [-0.05, 0) is 42.0 Å². The minimum Gasteiger partial charge on any atom is -0.508 e. The molecule has 3 rings (SSSR count). The normalized spacial score (nSPS) is 10.2. The highest BCUT2D eigenvalue weighted by atomic mass is 16.6. The van der Waals surface area contributed by atoms with Crippen LogP contribution in [0.5, 0.6) is 11.5 Å². The van der Waals surface area contributed by atoms with Gasteiger partial charge in [-0.2, -0.15) is 0 Å². The van der Waals surface area contributed by atoms with Gasteiger partial charge in [-0.1, -0.05) is 18.2 Å². The molecule has 3 aromatic carbocycles. The Hall–Kier alpha value is -3.67. The standard InChI is InChI=1S/C19H13NO5/c21-16-10-11-17(13-6-8-15(9-7-13)20(23)24)18(12-16)25-19(22)14-4-2-1-3-5-14/h1-12,21H. The summed E-state index contributed by atoms with van der Waals surface area (Å²) in [6, 6.07) is 18.7. The molecule has 3 aromatic rings. The van der Waals surface area contributed by atoms with E-state index < -0.39 is 10.9 Å². The lowest BCUT2D eigenvalue weighted by Crippen LogP contribution is -2.08. The van der Waals surface area contributed by atoms with Crippen molar-refractivity contribution in [2.45, 2.75) is 0 Å². The van der Waals surface area contributed by atoms with Crippen molar-refractivity contribution < 1.29 is 19.6 Å². The maximum Gasteiger partial charge on any atom is 0.343 e. The van der Waals surface area contributed by atoms with E-state index in [9.17, 15) is 20.0 Å². The molecule has 25 heavy (non-hydrogen) atoms. The minimum absolute atomic E-state index is 0.0367. The SMILES string of the molecule is O=C(Oc1cc(O)ccc1-c1ccc([N+](=O)[O-])cc1)c1ccccc1. The van der Waals surface area contributed by atoms with E-state index in [4.69, 9.17) is 4.74 Å². The van der Waals surface area contributed by atoms with Crippen LogP contribution in [0.2, 0.25) is 0 Å². The zero-order valence-electron chi connectivity index (χ0n) is 13.0. The van der Waals surface area contributed by atoms with Crippen molar-refractivity contribution in [3.05, 3.63) is 88.5 Å². The molecule has 0 saturated carbocycles. The first kappa shape index (κ1) is 16.2. The quantitative estimate of drug-likeness (QED) is 0.334. The van der Waals surface area contributed by atoms with E-state index in [1.165, 1.54) is 24.3 Å². The van der Waals surface area contributed by atoms with Crippen molar-refractivity contribution in [3.8, 4) is 22.6 Å². The summed E-state index contributed by atoms with van der Waals surface area (Å²) in [6.07, 6.45) is 0. The van der Waals surface area contributed by atoms with Gasteiger partial charge in [0.25, 0.3) is 5.69 Å². The van der Waals surface area contributed by atoms with E-state index in [1.54, 1.807) is 48.5 Å². The molecule has 6 nitrogen and oxygen atoms in total. The smallest absolute Gasteiger partial charge is 0.343 e. The maximum atomic E-state index is 12.3. The second-order valence-electron chi connectivity index (χ2n) is 5.24. The lowest BCUT2D eigenvalue weighted by Gasteiger charge is -2.11. The topological polar surface area (TPSA) is 89.7 Å². The molecular weight excluding hydrogens is 322 g/mol. The third-order valence-electron chi connectivity index (χ3n) is 3.57. The fourth-order valence-corrected chi connectivity index (χ4v) is 2.33. The van der Waals surface area contributed by atoms with Crippen molar-refractivity contribution in [2.24, 2.45) is 0 Å². The highest BCUT2D eigenvalue weighted by Crippen LogP contribution is 2.34. The summed E-state index contributed by atoms with van der Waals surface area (Å²) < 4.78 is 5.41. The number of esters is 1. The second kappa shape index (κ2) is 6.84. The number of aromatic hydroxyl groups is 1. The van der Waals surface area contributed by atoms with Crippen LogP contribution >= 0.6 is 0 Å². The molecule has 6 heteroatoms. The molecule has 0 heterocycles. The molecule has 0 amide bonds. The zero-order chi connectivity index (χ0) is 17.8. The fraction of sp³-hybridized carbons (Fsp3) is 0. The van der Waals surface area contributed by atoms with Crippen molar-refractivity contribution in [3.63, 3.8) is 0 Å². The number of ether oxygens (including phenoxy) is 1. The van der Waals surface area contributed by atoms with Crippen LogP contribution in [-0.2, 0) is 0 Å². The van der Waals surface area contributed by atoms with E-state index in [0.717, 1.165) is 0 Å². The number of carbonyl (C=O) groups is 1. The monoisotopic (exact) mass is 335 g/mol. The summed E-state index contributed by atoms with van der Waals surface area (Å²) in [5.74, 6) is -0.446. The number of benzene rings is 3. The number of nitro benzene ring substituents is 1. The van der Waals surface area contributed by atoms with Crippen LogP contribution < -0.4 is 4.74 Å². The predicted molar refractivity (Wildman–Crippen MR) is 91.6 cm³/mol. The Balaban J connectivity index is 1.95. The van der Waals surface area contributed by atoms with Crippen molar-refractivity contribution in [1.29, 1.82) is 0 Å². The Bertz CT molecular complexity index is 920. The molecule has 0 aliphatic rings. The Labute approximate surface area is 143 Å². The zero-order valence-corrected chi connectivity index (χ0v) is 13.0. The van der Waals surface area contributed by atoms with E-state index in [0.29, 0.717) is 16.7 Å². The van der Waals surface area contributed by atoms with Crippen LogP contribution in [0.3, 0.4) is 0 Å². The number of carbonyl (C=O) groups excluding carboxylic acids is 1. The van der Waals surface area contributed by atoms with Crippen LogP contribution in [0.1, 0.15) is 10.4 Å². The summed E-state index contributed by atoms with van der Waals surface area (Å²) in [7, 11) is 0. The first-order valence-corrected chi connectivity index (χ1v) is 7.39. The van der Waals surface area contributed by atoms with Gasteiger partial charge in [0.15, 0.2) is 0 Å². The molecule has 0 unspecified atom stereocenters. The summed E-state index contributed by atoms with van der Waals surface area (Å²) in [6.45, 7) is 0. The number of non-ortho nitro benzene ring substituents is 1. The van der Waals surface area contributed by atoms with Crippen LogP contribution in [0.4, 0.5) is 5.69 Å². The van der Waals surface area contributed by atoms with Gasteiger partial charge in [-0.3, -0.25) is 10.1 Å². The van der Waals surface area contributed by atoms with Crippen molar-refractivity contribution in [1.82, 2.24) is 0 Å². The van der Waals surface area contributed by atoms with Gasteiger partial charge in [-0.15, -0.1) is 0 Å². The molecule has 1 N–H and O–H groups in total. The van der Waals surface area contributed by atoms with Crippen LogP contribution in [0.15, 0.2) is 72.8 Å². The van der Waals surface area contributed by atoms with Crippen molar-refractivity contribution >= 4 is 11.7 Å². The number of phenolic OH excluding ortho intramolecular Hbond substituents is 1. The highest BCUT2D eigenvalue weighted by molar-refractivity contribution is 5.92. The Morgan fingerprint density at radius 1 is 0.960 bits per heavy atom. The summed E-state index contributed by atoms with van der Waals surface area (Å²) in [5.41, 5.74) is 1.50. The third-order valence-corrected chi connectivity index (χ3v) is 3.57. The average Bonchev–Trinajstić information content (AvgIpc) is 2.63. The van der Waals surface area contributed by atoms with Gasteiger partial charge in [0.05, 0.1) is 10.5 Å². The first-order valence-electron chi connectivity index (χ1n) is 7.39. The molecule has 0 spiro atoms. The summed E-state index contributed by atoms with van der Waals surface area (Å²) in [4.78, 5) is 22.5. The lowest BCUT2D eigenvalue weighted by atomic mass is 10.0. The molecule has 0 aromatic heterocycles. The second-order valence-corrected chi connectivity index (χ2v) is 5.24. The third kappa shape index (κ3) is 3.64.